The van der Waals surface area contributed by atoms with Crippen molar-refractivity contribution in [2.45, 2.75) is 42.3 Å². The molecule has 0 amide bonds. The van der Waals surface area contributed by atoms with Crippen LogP contribution in [0.1, 0.15) is 17.7 Å². The van der Waals surface area contributed by atoms with E-state index in [1.165, 1.54) is 0 Å². The molecule has 27 heavy (non-hydrogen) atoms. The highest BCUT2D eigenvalue weighted by molar-refractivity contribution is 14.1. The summed E-state index contributed by atoms with van der Waals surface area (Å²) >= 11 is 2.43. The molecule has 4 rings (SSSR count). The lowest BCUT2D eigenvalue weighted by atomic mass is 9.94. The van der Waals surface area contributed by atoms with Crippen LogP contribution in [0.5, 0.6) is 0 Å². The van der Waals surface area contributed by atoms with Gasteiger partial charge in [0.05, 0.1) is 21.7 Å². The van der Waals surface area contributed by atoms with E-state index in [1.54, 1.807) is 30.7 Å². The van der Waals surface area contributed by atoms with Crippen molar-refractivity contribution in [2.75, 3.05) is 13.3 Å². The van der Waals surface area contributed by atoms with E-state index in [-0.39, 0.29) is 16.0 Å². The van der Waals surface area contributed by atoms with Gasteiger partial charge in [-0.3, -0.25) is 4.98 Å². The van der Waals surface area contributed by atoms with Crippen LogP contribution in [0.25, 0.3) is 11.5 Å². The van der Waals surface area contributed by atoms with E-state index in [9.17, 15) is 4.39 Å². The second-order valence-corrected chi connectivity index (χ2v) is 15.4. The van der Waals surface area contributed by atoms with E-state index in [2.05, 4.69) is 52.1 Å². The predicted octanol–water partition coefficient (Wildman–Crippen LogP) is 5.18. The van der Waals surface area contributed by atoms with E-state index in [1.807, 2.05) is 0 Å². The number of nitrogens with zero attached hydrogens (tertiary/aromatic N) is 2. The maximum absolute atomic E-state index is 14.8. The van der Waals surface area contributed by atoms with Crippen molar-refractivity contribution >= 4 is 42.2 Å². The predicted molar refractivity (Wildman–Crippen MR) is 116 cm³/mol. The van der Waals surface area contributed by atoms with Crippen molar-refractivity contribution in [1.29, 1.82) is 0 Å². The number of ether oxygens (including phenoxy) is 2. The maximum atomic E-state index is 14.8. The third-order valence-electron chi connectivity index (χ3n) is 5.08. The zero-order valence-electron chi connectivity index (χ0n) is 15.8. The Bertz CT molecular complexity index is 847. The Morgan fingerprint density at radius 2 is 2.22 bits per heavy atom. The van der Waals surface area contributed by atoms with E-state index in [4.69, 9.17) is 9.47 Å². The number of fused-ring (bicyclic) bond motifs is 2. The maximum Gasteiger partial charge on any atom is 0.133 e. The minimum absolute atomic E-state index is 0.0489. The molecule has 0 saturated carbocycles. The van der Waals surface area contributed by atoms with E-state index < -0.39 is 8.07 Å². The van der Waals surface area contributed by atoms with Gasteiger partial charge in [-0.05, 0) is 24.3 Å². The average molecular weight is 498 g/mol. The first kappa shape index (κ1) is 19.1. The van der Waals surface area contributed by atoms with Gasteiger partial charge in [0.15, 0.2) is 0 Å². The van der Waals surface area contributed by atoms with Crippen LogP contribution in [0.2, 0.25) is 25.7 Å². The van der Waals surface area contributed by atoms with Crippen LogP contribution in [-0.2, 0) is 9.47 Å². The summed E-state index contributed by atoms with van der Waals surface area (Å²) in [5.41, 5.74) is 3.99. The van der Waals surface area contributed by atoms with Gasteiger partial charge >= 0.3 is 0 Å². The third-order valence-corrected chi connectivity index (χ3v) is 7.96. The molecule has 7 heteroatoms. The molecule has 0 aromatic carbocycles. The molecule has 0 spiro atoms. The minimum atomic E-state index is -1.14. The van der Waals surface area contributed by atoms with Gasteiger partial charge in [0.2, 0.25) is 0 Å². The van der Waals surface area contributed by atoms with Crippen molar-refractivity contribution in [3.05, 3.63) is 53.1 Å². The van der Waals surface area contributed by atoms with Gasteiger partial charge in [-0.2, -0.15) is 0 Å². The summed E-state index contributed by atoms with van der Waals surface area (Å²) < 4.78 is 27.0. The van der Waals surface area contributed by atoms with Gasteiger partial charge in [0, 0.05) is 44.0 Å². The lowest BCUT2D eigenvalue weighted by Gasteiger charge is -2.39. The fourth-order valence-corrected chi connectivity index (χ4v) is 5.26. The second kappa shape index (κ2) is 7.33. The van der Waals surface area contributed by atoms with Crippen LogP contribution in [-0.4, -0.2) is 41.4 Å². The number of rotatable bonds is 5. The molecule has 0 N–H and O–H groups in total. The summed E-state index contributed by atoms with van der Waals surface area (Å²) in [6.45, 7) is 8.28. The monoisotopic (exact) mass is 498 g/mol. The van der Waals surface area contributed by atoms with E-state index >= 15 is 0 Å². The highest BCUT2D eigenvalue weighted by Gasteiger charge is 2.41. The molecule has 1 aromatic rings. The first-order valence-electron chi connectivity index (χ1n) is 9.27. The molecule has 3 aliphatic rings. The standard InChI is InChI=1S/C20H24FIN2O2Si/c1-27(2,3)8-7-25-12-24-17(22)10-16-18-13(11-26-16)9-15(21)14-5-4-6-23-19(14)20(18)24/h4-6,9,11,16-17H,7-8,10,12H2,1-3H3. The lowest BCUT2D eigenvalue weighted by Crippen LogP contribution is -2.40. The summed E-state index contributed by atoms with van der Waals surface area (Å²) in [4.78, 5) is 6.77. The summed E-state index contributed by atoms with van der Waals surface area (Å²) in [6, 6.07) is 4.70. The minimum Gasteiger partial charge on any atom is -0.492 e. The first-order chi connectivity index (χ1) is 12.8. The number of allylic oxidation sites excluding steroid dienone is 1. The molecule has 2 atom stereocenters. The van der Waals surface area contributed by atoms with Crippen molar-refractivity contribution in [3.8, 4) is 0 Å². The Kier molecular flexibility index (Phi) is 5.19. The zero-order chi connectivity index (χ0) is 19.2. The van der Waals surface area contributed by atoms with Crippen LogP contribution in [0, 0.1) is 0 Å². The Labute approximate surface area is 174 Å². The van der Waals surface area contributed by atoms with Gasteiger partial charge in [0.25, 0.3) is 0 Å². The highest BCUT2D eigenvalue weighted by atomic mass is 127. The Hall–Kier alpha value is -1.19. The van der Waals surface area contributed by atoms with Crippen LogP contribution in [0.15, 0.2) is 41.8 Å². The first-order valence-corrected chi connectivity index (χ1v) is 14.2. The topological polar surface area (TPSA) is 34.6 Å². The summed E-state index contributed by atoms with van der Waals surface area (Å²) in [5.74, 6) is -0.271. The number of aromatic nitrogens is 1. The Morgan fingerprint density at radius 1 is 1.41 bits per heavy atom. The fourth-order valence-electron chi connectivity index (χ4n) is 3.60. The normalized spacial score (nSPS) is 24.0. The van der Waals surface area contributed by atoms with Gasteiger partial charge in [-0.15, -0.1) is 0 Å². The number of hydrogen-bond acceptors (Lipinski definition) is 4. The molecular formula is C20H24FIN2O2Si. The molecule has 144 valence electrons. The number of hydrogen-bond donors (Lipinski definition) is 0. The molecule has 0 saturated heterocycles. The lowest BCUT2D eigenvalue weighted by molar-refractivity contribution is 0.0503. The second-order valence-electron chi connectivity index (χ2n) is 8.34. The molecule has 0 radical (unpaired) electrons. The molecule has 1 aromatic heterocycles. The number of alkyl halides is 1. The fraction of sp³-hybridized carbons (Fsp3) is 0.450. The summed E-state index contributed by atoms with van der Waals surface area (Å²) in [6.07, 6.45) is 5.77. The zero-order valence-corrected chi connectivity index (χ0v) is 19.0. The molecule has 0 fully saturated rings. The van der Waals surface area contributed by atoms with Crippen LogP contribution in [0.3, 0.4) is 0 Å². The van der Waals surface area contributed by atoms with Crippen molar-refractivity contribution < 1.29 is 13.9 Å². The third kappa shape index (κ3) is 3.73. The largest absolute Gasteiger partial charge is 0.492 e. The smallest absolute Gasteiger partial charge is 0.133 e. The molecule has 4 nitrogen and oxygen atoms in total. The van der Waals surface area contributed by atoms with Gasteiger partial charge < -0.3 is 14.4 Å². The molecule has 1 aliphatic carbocycles. The highest BCUT2D eigenvalue weighted by Crippen LogP contribution is 2.47. The van der Waals surface area contributed by atoms with Crippen LogP contribution in [0.4, 0.5) is 4.39 Å². The SMILES string of the molecule is C[Si](C)(C)CCOCN1C2=C3C(=COC3CC1I)C=C(F)c1cccnc12. The van der Waals surface area contributed by atoms with Crippen LogP contribution < -0.4 is 0 Å². The molecule has 2 aliphatic heterocycles. The number of pyridine rings is 1. The Morgan fingerprint density at radius 3 is 3.00 bits per heavy atom. The molecule has 2 unspecified atom stereocenters. The molecule has 0 bridgehead atoms. The van der Waals surface area contributed by atoms with Crippen molar-refractivity contribution in [1.82, 2.24) is 9.88 Å². The van der Waals surface area contributed by atoms with E-state index in [0.717, 1.165) is 35.9 Å². The van der Waals surface area contributed by atoms with E-state index in [0.29, 0.717) is 18.0 Å². The average Bonchev–Trinajstić information content (AvgIpc) is 2.94. The Balaban J connectivity index is 1.70. The molecule has 3 heterocycles. The quantitative estimate of drug-likeness (QED) is 0.184. The van der Waals surface area contributed by atoms with Gasteiger partial charge in [0.1, 0.15) is 18.7 Å². The van der Waals surface area contributed by atoms with Crippen LogP contribution >= 0.6 is 22.6 Å². The van der Waals surface area contributed by atoms with Gasteiger partial charge in [-0.25, -0.2) is 4.39 Å². The van der Waals surface area contributed by atoms with Gasteiger partial charge in [-0.1, -0.05) is 42.2 Å². The van der Waals surface area contributed by atoms with Crippen molar-refractivity contribution in [3.63, 3.8) is 0 Å². The summed E-state index contributed by atoms with van der Waals surface area (Å²) in [7, 11) is -1.14. The summed E-state index contributed by atoms with van der Waals surface area (Å²) in [5, 5.41) is 0. The van der Waals surface area contributed by atoms with Crippen molar-refractivity contribution in [2.24, 2.45) is 0 Å². The molecular weight excluding hydrogens is 474 g/mol. The number of halogens is 2.